The summed E-state index contributed by atoms with van der Waals surface area (Å²) in [4.78, 5) is 17.8. The molecule has 0 unspecified atom stereocenters. The summed E-state index contributed by atoms with van der Waals surface area (Å²) < 4.78 is 21.8. The van der Waals surface area contributed by atoms with Gasteiger partial charge in [-0.05, 0) is 75.6 Å². The van der Waals surface area contributed by atoms with Crippen LogP contribution in [0.15, 0.2) is 79.5 Å². The summed E-state index contributed by atoms with van der Waals surface area (Å²) in [6.07, 6.45) is 1.62. The molecule has 0 aliphatic heterocycles. The Morgan fingerprint density at radius 1 is 1.09 bits per heavy atom. The van der Waals surface area contributed by atoms with Gasteiger partial charge in [-0.25, -0.2) is 9.37 Å². The van der Waals surface area contributed by atoms with Gasteiger partial charge in [0.1, 0.15) is 24.0 Å². The molecule has 0 radical (unpaired) electrons. The van der Waals surface area contributed by atoms with Gasteiger partial charge in [-0.2, -0.15) is 9.78 Å². The zero-order chi connectivity index (χ0) is 23.5. The second-order valence-corrected chi connectivity index (χ2v) is 9.52. The van der Waals surface area contributed by atoms with Crippen LogP contribution in [0.3, 0.4) is 0 Å². The molecule has 0 saturated heterocycles. The van der Waals surface area contributed by atoms with Crippen molar-refractivity contribution in [3.8, 4) is 5.75 Å². The normalized spacial score (nSPS) is 11.6. The molecule has 1 aromatic heterocycles. The van der Waals surface area contributed by atoms with Gasteiger partial charge in [0.05, 0.1) is 21.6 Å². The summed E-state index contributed by atoms with van der Waals surface area (Å²) in [7, 11) is 0. The van der Waals surface area contributed by atoms with E-state index in [1.54, 1.807) is 24.4 Å². The Morgan fingerprint density at radius 3 is 2.55 bits per heavy atom. The number of nitrogens with zero attached hydrogens (tertiary/aromatic N) is 3. The molecule has 8 heteroatoms. The maximum atomic E-state index is 13.1. The van der Waals surface area contributed by atoms with Crippen molar-refractivity contribution < 1.29 is 9.13 Å². The van der Waals surface area contributed by atoms with Crippen molar-refractivity contribution in [1.82, 2.24) is 9.66 Å². The molecule has 0 spiro atoms. The lowest BCUT2D eigenvalue weighted by Crippen LogP contribution is -2.23. The van der Waals surface area contributed by atoms with Crippen molar-refractivity contribution in [3.63, 3.8) is 0 Å². The Balaban J connectivity index is 1.60. The molecule has 0 atom stereocenters. The van der Waals surface area contributed by atoms with E-state index in [-0.39, 0.29) is 17.3 Å². The van der Waals surface area contributed by atoms with E-state index < -0.39 is 0 Å². The fourth-order valence-electron chi connectivity index (χ4n) is 3.23. The van der Waals surface area contributed by atoms with Gasteiger partial charge in [-0.15, -0.1) is 0 Å². The van der Waals surface area contributed by atoms with Gasteiger partial charge in [0.15, 0.2) is 0 Å². The van der Waals surface area contributed by atoms with Gasteiger partial charge >= 0.3 is 0 Å². The lowest BCUT2D eigenvalue weighted by Gasteiger charge is -2.12. The van der Waals surface area contributed by atoms with Gasteiger partial charge in [-0.3, -0.25) is 4.79 Å². The van der Waals surface area contributed by atoms with Gasteiger partial charge in [0, 0.05) is 10.4 Å². The molecular weight excluding hydrogens is 553 g/mol. The summed E-state index contributed by atoms with van der Waals surface area (Å²) in [5.74, 6) is 0.965. The SMILES string of the molecule is CC(C)c1nc2ccc(Br)cc2c(=O)n1N=Cc1ccc(OCc2ccc(F)cc2)c(Br)c1. The molecule has 0 bridgehead atoms. The van der Waals surface area contributed by atoms with Gasteiger partial charge in [0.2, 0.25) is 0 Å². The first kappa shape index (κ1) is 23.3. The molecule has 0 N–H and O–H groups in total. The quantitative estimate of drug-likeness (QED) is 0.243. The van der Waals surface area contributed by atoms with E-state index in [9.17, 15) is 9.18 Å². The van der Waals surface area contributed by atoms with Crippen molar-refractivity contribution in [3.05, 3.63) is 103 Å². The molecule has 1 heterocycles. The van der Waals surface area contributed by atoms with Crippen LogP contribution in [0.25, 0.3) is 10.9 Å². The number of rotatable bonds is 6. The highest BCUT2D eigenvalue weighted by molar-refractivity contribution is 9.10. The maximum absolute atomic E-state index is 13.1. The van der Waals surface area contributed by atoms with Crippen LogP contribution in [0, 0.1) is 5.82 Å². The Bertz CT molecular complexity index is 1400. The van der Waals surface area contributed by atoms with E-state index in [2.05, 4.69) is 41.9 Å². The van der Waals surface area contributed by atoms with Crippen LogP contribution in [0.4, 0.5) is 4.39 Å². The highest BCUT2D eigenvalue weighted by atomic mass is 79.9. The number of aromatic nitrogens is 2. The van der Waals surface area contributed by atoms with E-state index in [0.717, 1.165) is 20.1 Å². The molecule has 5 nitrogen and oxygen atoms in total. The van der Waals surface area contributed by atoms with Crippen molar-refractivity contribution in [2.75, 3.05) is 0 Å². The molecule has 0 fully saturated rings. The van der Waals surface area contributed by atoms with Crippen molar-refractivity contribution >= 4 is 49.0 Å². The van der Waals surface area contributed by atoms with Crippen molar-refractivity contribution in [2.24, 2.45) is 5.10 Å². The maximum Gasteiger partial charge on any atom is 0.282 e. The van der Waals surface area contributed by atoms with E-state index in [1.807, 2.05) is 44.2 Å². The van der Waals surface area contributed by atoms with Gasteiger partial charge < -0.3 is 4.74 Å². The number of benzene rings is 3. The second-order valence-electron chi connectivity index (χ2n) is 7.75. The second kappa shape index (κ2) is 9.97. The van der Waals surface area contributed by atoms with Crippen LogP contribution in [-0.4, -0.2) is 15.9 Å². The first-order valence-corrected chi connectivity index (χ1v) is 11.8. The highest BCUT2D eigenvalue weighted by Gasteiger charge is 2.14. The molecule has 0 amide bonds. The van der Waals surface area contributed by atoms with Crippen LogP contribution in [-0.2, 0) is 6.61 Å². The average Bonchev–Trinajstić information content (AvgIpc) is 2.79. The summed E-state index contributed by atoms with van der Waals surface area (Å²) in [6, 6.07) is 17.1. The van der Waals surface area contributed by atoms with Crippen LogP contribution in [0.1, 0.15) is 36.7 Å². The first-order chi connectivity index (χ1) is 15.8. The van der Waals surface area contributed by atoms with E-state index in [4.69, 9.17) is 4.74 Å². The molecule has 0 saturated carbocycles. The minimum absolute atomic E-state index is 0.0110. The molecule has 4 aromatic rings. The standard InChI is InChI=1S/C25H20Br2FN3O2/c1-15(2)24-30-22-9-6-18(26)12-20(22)25(32)31(24)29-13-17-5-10-23(21(27)11-17)33-14-16-3-7-19(28)8-4-16/h3-13,15H,14H2,1-2H3. The zero-order valence-corrected chi connectivity index (χ0v) is 21.1. The summed E-state index contributed by atoms with van der Waals surface area (Å²) in [6.45, 7) is 4.27. The number of halogens is 3. The molecule has 4 rings (SSSR count). The minimum Gasteiger partial charge on any atom is -0.488 e. The summed E-state index contributed by atoms with van der Waals surface area (Å²) in [5, 5.41) is 4.95. The predicted molar refractivity (Wildman–Crippen MR) is 136 cm³/mol. The highest BCUT2D eigenvalue weighted by Crippen LogP contribution is 2.26. The average molecular weight is 573 g/mol. The Labute approximate surface area is 207 Å². The molecule has 168 valence electrons. The molecule has 33 heavy (non-hydrogen) atoms. The smallest absolute Gasteiger partial charge is 0.282 e. The Kier molecular flexibility index (Phi) is 7.05. The van der Waals surface area contributed by atoms with Gasteiger partial charge in [-0.1, -0.05) is 41.9 Å². The van der Waals surface area contributed by atoms with Crippen LogP contribution in [0.5, 0.6) is 5.75 Å². The van der Waals surface area contributed by atoms with Crippen molar-refractivity contribution in [2.45, 2.75) is 26.4 Å². The van der Waals surface area contributed by atoms with E-state index in [1.165, 1.54) is 16.8 Å². The number of ether oxygens (including phenoxy) is 1. The number of hydrogen-bond donors (Lipinski definition) is 0. The molecule has 3 aromatic carbocycles. The number of hydrogen-bond acceptors (Lipinski definition) is 4. The Hall–Kier alpha value is -2.84. The third-order valence-electron chi connectivity index (χ3n) is 4.94. The fraction of sp³-hybridized carbons (Fsp3) is 0.160. The molecule has 0 aliphatic carbocycles. The van der Waals surface area contributed by atoms with Crippen LogP contribution < -0.4 is 10.3 Å². The third kappa shape index (κ3) is 5.39. The Morgan fingerprint density at radius 2 is 1.85 bits per heavy atom. The zero-order valence-electron chi connectivity index (χ0n) is 17.9. The summed E-state index contributed by atoms with van der Waals surface area (Å²) >= 11 is 6.93. The summed E-state index contributed by atoms with van der Waals surface area (Å²) in [5.41, 5.74) is 2.07. The lowest BCUT2D eigenvalue weighted by atomic mass is 10.2. The van der Waals surface area contributed by atoms with E-state index >= 15 is 0 Å². The first-order valence-electron chi connectivity index (χ1n) is 10.2. The monoisotopic (exact) mass is 571 g/mol. The predicted octanol–water partition coefficient (Wildman–Crippen LogP) is 6.65. The fourth-order valence-corrected chi connectivity index (χ4v) is 4.10. The number of fused-ring (bicyclic) bond motifs is 1. The van der Waals surface area contributed by atoms with E-state index in [0.29, 0.717) is 29.1 Å². The minimum atomic E-state index is -0.280. The molecular formula is C25H20Br2FN3O2. The molecule has 0 aliphatic rings. The largest absolute Gasteiger partial charge is 0.488 e. The van der Waals surface area contributed by atoms with Crippen molar-refractivity contribution in [1.29, 1.82) is 0 Å². The third-order valence-corrected chi connectivity index (χ3v) is 6.05. The topological polar surface area (TPSA) is 56.5 Å². The van der Waals surface area contributed by atoms with Gasteiger partial charge in [0.25, 0.3) is 5.56 Å². The van der Waals surface area contributed by atoms with Crippen LogP contribution >= 0.6 is 31.9 Å². The lowest BCUT2D eigenvalue weighted by molar-refractivity contribution is 0.304. The van der Waals surface area contributed by atoms with Crippen LogP contribution in [0.2, 0.25) is 0 Å².